The van der Waals surface area contributed by atoms with Crippen LogP contribution in [-0.2, 0) is 0 Å². The quantitative estimate of drug-likeness (QED) is 0.765. The van der Waals surface area contributed by atoms with E-state index in [2.05, 4.69) is 25.2 Å². The van der Waals surface area contributed by atoms with E-state index in [0.29, 0.717) is 18.4 Å². The Morgan fingerprint density at radius 1 is 1.35 bits per heavy atom. The highest BCUT2D eigenvalue weighted by Gasteiger charge is 2.10. The second kappa shape index (κ2) is 7.17. The Morgan fingerprint density at radius 3 is 2.71 bits per heavy atom. The van der Waals surface area contributed by atoms with Gasteiger partial charge in [-0.2, -0.15) is 0 Å². The minimum atomic E-state index is 0.505. The highest BCUT2D eigenvalue weighted by Crippen LogP contribution is 2.18. The third-order valence-electron chi connectivity index (χ3n) is 2.96. The summed E-state index contributed by atoms with van der Waals surface area (Å²) in [5, 5.41) is 3.42. The largest absolute Gasteiger partial charge is 0.494 e. The fourth-order valence-corrected chi connectivity index (χ4v) is 1.70. The van der Waals surface area contributed by atoms with E-state index in [9.17, 15) is 0 Å². The van der Waals surface area contributed by atoms with Crippen LogP contribution < -0.4 is 15.8 Å². The molecule has 3 nitrogen and oxygen atoms in total. The molecule has 0 spiro atoms. The van der Waals surface area contributed by atoms with Crippen LogP contribution in [0.15, 0.2) is 24.3 Å². The minimum Gasteiger partial charge on any atom is -0.494 e. The number of rotatable bonds is 7. The van der Waals surface area contributed by atoms with Gasteiger partial charge in [0.1, 0.15) is 5.75 Å². The van der Waals surface area contributed by atoms with E-state index >= 15 is 0 Å². The predicted octanol–water partition coefficient (Wildman–Crippen LogP) is 2.73. The Labute approximate surface area is 104 Å². The van der Waals surface area contributed by atoms with Crippen molar-refractivity contribution in [2.45, 2.75) is 20.8 Å². The number of nitrogens with two attached hydrogens (primary N) is 1. The molecule has 0 saturated carbocycles. The van der Waals surface area contributed by atoms with Gasteiger partial charge < -0.3 is 15.8 Å². The zero-order valence-electron chi connectivity index (χ0n) is 11.1. The average molecular weight is 236 g/mol. The molecule has 0 heterocycles. The molecule has 0 radical (unpaired) electrons. The van der Waals surface area contributed by atoms with Crippen LogP contribution in [0.25, 0.3) is 0 Å². The van der Waals surface area contributed by atoms with Crippen molar-refractivity contribution in [3.8, 4) is 5.75 Å². The van der Waals surface area contributed by atoms with Crippen LogP contribution in [0.4, 0.5) is 5.69 Å². The normalized spacial score (nSPS) is 12.5. The predicted molar refractivity (Wildman–Crippen MR) is 73.5 cm³/mol. The van der Waals surface area contributed by atoms with Crippen LogP contribution in [0.3, 0.4) is 0 Å². The highest BCUT2D eigenvalue weighted by atomic mass is 16.5. The Bertz CT molecular complexity index is 326. The lowest BCUT2D eigenvalue weighted by Gasteiger charge is -2.20. The Hall–Kier alpha value is -1.22. The van der Waals surface area contributed by atoms with Crippen molar-refractivity contribution in [2.75, 3.05) is 25.0 Å². The maximum absolute atomic E-state index is 5.75. The molecule has 1 aromatic carbocycles. The number of hydrogen-bond donors (Lipinski definition) is 2. The standard InChI is InChI=1S/C14H24N2O/c1-4-17-14-7-5-6-13(8-14)16-10-12(9-15)11(2)3/h5-8,11-12,16H,4,9-10,15H2,1-3H3. The van der Waals surface area contributed by atoms with Gasteiger partial charge in [-0.25, -0.2) is 0 Å². The Balaban J connectivity index is 2.53. The average Bonchev–Trinajstić information content (AvgIpc) is 2.30. The third kappa shape index (κ3) is 4.65. The lowest BCUT2D eigenvalue weighted by molar-refractivity contribution is 0.340. The fraction of sp³-hybridized carbons (Fsp3) is 0.571. The number of hydrogen-bond acceptors (Lipinski definition) is 3. The van der Waals surface area contributed by atoms with E-state index in [-0.39, 0.29) is 0 Å². The van der Waals surface area contributed by atoms with Gasteiger partial charge in [0.2, 0.25) is 0 Å². The molecule has 1 aromatic rings. The van der Waals surface area contributed by atoms with Gasteiger partial charge in [-0.3, -0.25) is 0 Å². The molecule has 0 aliphatic heterocycles. The first-order valence-corrected chi connectivity index (χ1v) is 6.34. The first-order valence-electron chi connectivity index (χ1n) is 6.34. The molecule has 17 heavy (non-hydrogen) atoms. The van der Waals surface area contributed by atoms with Crippen molar-refractivity contribution >= 4 is 5.69 Å². The molecule has 1 atom stereocenters. The molecule has 0 aliphatic carbocycles. The molecule has 0 aliphatic rings. The lowest BCUT2D eigenvalue weighted by Crippen LogP contribution is -2.27. The molecule has 0 aromatic heterocycles. The van der Waals surface area contributed by atoms with E-state index < -0.39 is 0 Å². The SMILES string of the molecule is CCOc1cccc(NCC(CN)C(C)C)c1. The van der Waals surface area contributed by atoms with Gasteiger partial charge in [-0.05, 0) is 37.4 Å². The molecular weight excluding hydrogens is 212 g/mol. The van der Waals surface area contributed by atoms with Gasteiger partial charge in [0.25, 0.3) is 0 Å². The maximum atomic E-state index is 5.75. The zero-order valence-corrected chi connectivity index (χ0v) is 11.1. The molecule has 3 N–H and O–H groups in total. The summed E-state index contributed by atoms with van der Waals surface area (Å²) in [7, 11) is 0. The Kier molecular flexibility index (Phi) is 5.84. The van der Waals surface area contributed by atoms with E-state index in [1.807, 2.05) is 25.1 Å². The van der Waals surface area contributed by atoms with Gasteiger partial charge in [-0.1, -0.05) is 19.9 Å². The van der Waals surface area contributed by atoms with Crippen molar-refractivity contribution in [3.63, 3.8) is 0 Å². The summed E-state index contributed by atoms with van der Waals surface area (Å²) in [4.78, 5) is 0. The summed E-state index contributed by atoms with van der Waals surface area (Å²) < 4.78 is 5.46. The van der Waals surface area contributed by atoms with Crippen LogP contribution in [0.5, 0.6) is 5.75 Å². The summed E-state index contributed by atoms with van der Waals surface area (Å²) in [6, 6.07) is 8.05. The maximum Gasteiger partial charge on any atom is 0.121 e. The van der Waals surface area contributed by atoms with Crippen molar-refractivity contribution in [1.82, 2.24) is 0 Å². The van der Waals surface area contributed by atoms with E-state index in [4.69, 9.17) is 10.5 Å². The minimum absolute atomic E-state index is 0.505. The summed E-state index contributed by atoms with van der Waals surface area (Å²) in [6.45, 7) is 8.72. The lowest BCUT2D eigenvalue weighted by atomic mass is 9.96. The van der Waals surface area contributed by atoms with Crippen molar-refractivity contribution < 1.29 is 4.74 Å². The number of anilines is 1. The molecule has 0 amide bonds. The molecule has 0 saturated heterocycles. The van der Waals surface area contributed by atoms with Gasteiger partial charge in [0, 0.05) is 18.3 Å². The van der Waals surface area contributed by atoms with Crippen molar-refractivity contribution in [3.05, 3.63) is 24.3 Å². The highest BCUT2D eigenvalue weighted by molar-refractivity contribution is 5.48. The first kappa shape index (κ1) is 13.8. The van der Waals surface area contributed by atoms with Crippen molar-refractivity contribution in [1.29, 1.82) is 0 Å². The van der Waals surface area contributed by atoms with Gasteiger partial charge in [0.15, 0.2) is 0 Å². The molecular formula is C14H24N2O. The first-order chi connectivity index (χ1) is 8.17. The van der Waals surface area contributed by atoms with Crippen LogP contribution in [-0.4, -0.2) is 19.7 Å². The van der Waals surface area contributed by atoms with Gasteiger partial charge in [-0.15, -0.1) is 0 Å². The van der Waals surface area contributed by atoms with Crippen LogP contribution in [0.2, 0.25) is 0 Å². The zero-order chi connectivity index (χ0) is 12.7. The third-order valence-corrected chi connectivity index (χ3v) is 2.96. The van der Waals surface area contributed by atoms with Gasteiger partial charge >= 0.3 is 0 Å². The number of ether oxygens (including phenoxy) is 1. The summed E-state index contributed by atoms with van der Waals surface area (Å²) in [5.41, 5.74) is 6.84. The molecule has 3 heteroatoms. The Morgan fingerprint density at radius 2 is 2.12 bits per heavy atom. The van der Waals surface area contributed by atoms with Crippen LogP contribution in [0, 0.1) is 11.8 Å². The summed E-state index contributed by atoms with van der Waals surface area (Å²) >= 11 is 0. The summed E-state index contributed by atoms with van der Waals surface area (Å²) in [6.07, 6.45) is 0. The van der Waals surface area contributed by atoms with Crippen LogP contribution >= 0.6 is 0 Å². The summed E-state index contributed by atoms with van der Waals surface area (Å²) in [5.74, 6) is 2.01. The monoisotopic (exact) mass is 236 g/mol. The van der Waals surface area contributed by atoms with Crippen LogP contribution in [0.1, 0.15) is 20.8 Å². The second-order valence-corrected chi connectivity index (χ2v) is 4.58. The molecule has 96 valence electrons. The second-order valence-electron chi connectivity index (χ2n) is 4.58. The smallest absolute Gasteiger partial charge is 0.121 e. The van der Waals surface area contributed by atoms with E-state index in [0.717, 1.165) is 24.5 Å². The molecule has 0 bridgehead atoms. The topological polar surface area (TPSA) is 47.3 Å². The molecule has 1 unspecified atom stereocenters. The van der Waals surface area contributed by atoms with Gasteiger partial charge in [0.05, 0.1) is 6.61 Å². The van der Waals surface area contributed by atoms with E-state index in [1.165, 1.54) is 0 Å². The number of benzene rings is 1. The molecule has 0 fully saturated rings. The molecule has 1 rings (SSSR count). The van der Waals surface area contributed by atoms with E-state index in [1.54, 1.807) is 0 Å². The number of nitrogens with one attached hydrogen (secondary N) is 1. The van der Waals surface area contributed by atoms with Crippen molar-refractivity contribution in [2.24, 2.45) is 17.6 Å². The fourth-order valence-electron chi connectivity index (χ4n) is 1.70.